The molecule has 0 bridgehead atoms. The van der Waals surface area contributed by atoms with Crippen molar-refractivity contribution in [3.63, 3.8) is 0 Å². The van der Waals surface area contributed by atoms with Crippen LogP contribution in [0.15, 0.2) is 18.2 Å². The van der Waals surface area contributed by atoms with Crippen LogP contribution in [0.25, 0.3) is 0 Å². The van der Waals surface area contributed by atoms with E-state index in [1.54, 1.807) is 14.2 Å². The normalized spacial score (nSPS) is 14.2. The Morgan fingerprint density at radius 3 is 2.47 bits per heavy atom. The van der Waals surface area contributed by atoms with Crippen molar-refractivity contribution in [2.24, 2.45) is 5.73 Å². The molecule has 0 saturated carbocycles. The van der Waals surface area contributed by atoms with Crippen LogP contribution in [0.2, 0.25) is 0 Å². The molecule has 0 aromatic heterocycles. The average molecular weight is 239 g/mol. The summed E-state index contributed by atoms with van der Waals surface area (Å²) in [5, 5.41) is 0. The number of rotatable bonds is 6. The summed E-state index contributed by atoms with van der Waals surface area (Å²) in [6, 6.07) is 5.58. The van der Waals surface area contributed by atoms with Gasteiger partial charge in [0, 0.05) is 24.8 Å². The maximum absolute atomic E-state index is 5.89. The number of nitrogens with two attached hydrogens (primary N) is 1. The molecule has 0 amide bonds. The van der Waals surface area contributed by atoms with Gasteiger partial charge in [0.15, 0.2) is 0 Å². The van der Waals surface area contributed by atoms with Gasteiger partial charge in [-0.1, -0.05) is 6.07 Å². The van der Waals surface area contributed by atoms with Crippen molar-refractivity contribution >= 4 is 0 Å². The molecule has 4 nitrogen and oxygen atoms in total. The molecule has 1 aromatic carbocycles. The SMILES string of the molecule is COc1ccc(C(C)N)c(OCC(C)OC)c1. The summed E-state index contributed by atoms with van der Waals surface area (Å²) in [7, 11) is 3.29. The smallest absolute Gasteiger partial charge is 0.127 e. The van der Waals surface area contributed by atoms with Crippen LogP contribution in [0.5, 0.6) is 11.5 Å². The minimum Gasteiger partial charge on any atom is -0.497 e. The van der Waals surface area contributed by atoms with Crippen molar-refractivity contribution in [3.05, 3.63) is 23.8 Å². The molecule has 0 heterocycles. The number of hydrogen-bond acceptors (Lipinski definition) is 4. The van der Waals surface area contributed by atoms with Crippen molar-refractivity contribution in [1.82, 2.24) is 0 Å². The second-order valence-corrected chi connectivity index (χ2v) is 4.05. The third-order valence-corrected chi connectivity index (χ3v) is 2.59. The Morgan fingerprint density at radius 2 is 1.94 bits per heavy atom. The number of methoxy groups -OCH3 is 2. The van der Waals surface area contributed by atoms with Crippen LogP contribution in [0, 0.1) is 0 Å². The number of hydrogen-bond donors (Lipinski definition) is 1. The molecule has 4 heteroatoms. The Morgan fingerprint density at radius 1 is 1.24 bits per heavy atom. The lowest BCUT2D eigenvalue weighted by atomic mass is 10.1. The molecule has 2 atom stereocenters. The van der Waals surface area contributed by atoms with E-state index < -0.39 is 0 Å². The minimum absolute atomic E-state index is 0.0436. The molecule has 0 saturated heterocycles. The van der Waals surface area contributed by atoms with Gasteiger partial charge in [-0.15, -0.1) is 0 Å². The Hall–Kier alpha value is -1.26. The summed E-state index contributed by atoms with van der Waals surface area (Å²) in [5.41, 5.74) is 6.86. The Kier molecular flexibility index (Phi) is 5.25. The molecule has 0 spiro atoms. The first-order chi connectivity index (χ1) is 8.08. The Balaban J connectivity index is 2.85. The monoisotopic (exact) mass is 239 g/mol. The van der Waals surface area contributed by atoms with Gasteiger partial charge in [-0.3, -0.25) is 0 Å². The lowest BCUT2D eigenvalue weighted by molar-refractivity contribution is 0.0711. The first-order valence-corrected chi connectivity index (χ1v) is 5.67. The lowest BCUT2D eigenvalue weighted by Crippen LogP contribution is -2.17. The molecule has 2 N–H and O–H groups in total. The highest BCUT2D eigenvalue weighted by atomic mass is 16.5. The summed E-state index contributed by atoms with van der Waals surface area (Å²) < 4.78 is 16.0. The van der Waals surface area contributed by atoms with Crippen molar-refractivity contribution in [2.45, 2.75) is 26.0 Å². The molecule has 1 aromatic rings. The predicted octanol–water partition coefficient (Wildman–Crippen LogP) is 2.13. The zero-order valence-corrected chi connectivity index (χ0v) is 10.9. The highest BCUT2D eigenvalue weighted by Crippen LogP contribution is 2.28. The van der Waals surface area contributed by atoms with Crippen LogP contribution >= 0.6 is 0 Å². The number of benzene rings is 1. The van der Waals surface area contributed by atoms with Crippen LogP contribution in [-0.2, 0) is 4.74 Å². The second-order valence-electron chi connectivity index (χ2n) is 4.05. The third-order valence-electron chi connectivity index (χ3n) is 2.59. The van der Waals surface area contributed by atoms with Crippen molar-refractivity contribution in [3.8, 4) is 11.5 Å². The minimum atomic E-state index is -0.0752. The zero-order chi connectivity index (χ0) is 12.8. The molecule has 0 fully saturated rings. The highest BCUT2D eigenvalue weighted by Gasteiger charge is 2.11. The molecule has 96 valence electrons. The van der Waals surface area contributed by atoms with Crippen LogP contribution < -0.4 is 15.2 Å². The van der Waals surface area contributed by atoms with Crippen molar-refractivity contribution in [1.29, 1.82) is 0 Å². The van der Waals surface area contributed by atoms with Gasteiger partial charge in [-0.05, 0) is 19.9 Å². The van der Waals surface area contributed by atoms with Crippen LogP contribution in [0.4, 0.5) is 0 Å². The van der Waals surface area contributed by atoms with Crippen molar-refractivity contribution < 1.29 is 14.2 Å². The summed E-state index contributed by atoms with van der Waals surface area (Å²) in [4.78, 5) is 0. The Bertz CT molecular complexity index is 353. The van der Waals surface area contributed by atoms with E-state index in [2.05, 4.69) is 0 Å². The fourth-order valence-electron chi connectivity index (χ4n) is 1.42. The molecule has 1 rings (SSSR count). The van der Waals surface area contributed by atoms with Gasteiger partial charge in [0.25, 0.3) is 0 Å². The maximum atomic E-state index is 5.89. The fraction of sp³-hybridized carbons (Fsp3) is 0.538. The van der Waals surface area contributed by atoms with Gasteiger partial charge in [0.05, 0.1) is 13.2 Å². The van der Waals surface area contributed by atoms with Gasteiger partial charge >= 0.3 is 0 Å². The van der Waals surface area contributed by atoms with E-state index in [0.717, 1.165) is 17.1 Å². The van der Waals surface area contributed by atoms with E-state index in [-0.39, 0.29) is 12.1 Å². The summed E-state index contributed by atoms with van der Waals surface area (Å²) in [5.74, 6) is 1.51. The average Bonchev–Trinajstić information content (AvgIpc) is 2.35. The van der Waals surface area contributed by atoms with E-state index >= 15 is 0 Å². The lowest BCUT2D eigenvalue weighted by Gasteiger charge is -2.17. The molecule has 0 aliphatic heterocycles. The molecule has 17 heavy (non-hydrogen) atoms. The Labute approximate surface area is 103 Å². The van der Waals surface area contributed by atoms with E-state index in [1.165, 1.54) is 0 Å². The fourth-order valence-corrected chi connectivity index (χ4v) is 1.42. The standard InChI is InChI=1S/C13H21NO3/c1-9(15-3)8-17-13-7-11(16-4)5-6-12(13)10(2)14/h5-7,9-10H,8,14H2,1-4H3. The largest absolute Gasteiger partial charge is 0.497 e. The first kappa shape index (κ1) is 13.8. The molecule has 0 aliphatic rings. The van der Waals surface area contributed by atoms with E-state index in [1.807, 2.05) is 32.0 Å². The molecule has 0 aliphatic carbocycles. The quantitative estimate of drug-likeness (QED) is 0.826. The van der Waals surface area contributed by atoms with Gasteiger partial charge in [0.2, 0.25) is 0 Å². The van der Waals surface area contributed by atoms with E-state index in [4.69, 9.17) is 19.9 Å². The topological polar surface area (TPSA) is 53.7 Å². The second kappa shape index (κ2) is 6.47. The maximum Gasteiger partial charge on any atom is 0.127 e. The van der Waals surface area contributed by atoms with E-state index in [0.29, 0.717) is 6.61 Å². The summed E-state index contributed by atoms with van der Waals surface area (Å²) >= 11 is 0. The highest BCUT2D eigenvalue weighted by molar-refractivity contribution is 5.42. The van der Waals surface area contributed by atoms with Crippen molar-refractivity contribution in [2.75, 3.05) is 20.8 Å². The van der Waals surface area contributed by atoms with Crippen LogP contribution in [-0.4, -0.2) is 26.9 Å². The molecule has 0 radical (unpaired) electrons. The van der Waals surface area contributed by atoms with Gasteiger partial charge in [0.1, 0.15) is 18.1 Å². The summed E-state index contributed by atoms with van der Waals surface area (Å²) in [6.45, 7) is 4.36. The summed E-state index contributed by atoms with van der Waals surface area (Å²) in [6.07, 6.45) is 0.0436. The zero-order valence-electron chi connectivity index (χ0n) is 10.9. The molecular formula is C13H21NO3. The van der Waals surface area contributed by atoms with Gasteiger partial charge < -0.3 is 19.9 Å². The molecule has 2 unspecified atom stereocenters. The van der Waals surface area contributed by atoms with Gasteiger partial charge in [-0.2, -0.15) is 0 Å². The van der Waals surface area contributed by atoms with Gasteiger partial charge in [-0.25, -0.2) is 0 Å². The first-order valence-electron chi connectivity index (χ1n) is 5.67. The van der Waals surface area contributed by atoms with Crippen LogP contribution in [0.3, 0.4) is 0 Å². The number of ether oxygens (including phenoxy) is 3. The predicted molar refractivity (Wildman–Crippen MR) is 67.6 cm³/mol. The third kappa shape index (κ3) is 3.91. The van der Waals surface area contributed by atoms with E-state index in [9.17, 15) is 0 Å². The molecular weight excluding hydrogens is 218 g/mol. The van der Waals surface area contributed by atoms with Crippen LogP contribution in [0.1, 0.15) is 25.5 Å².